The quantitative estimate of drug-likeness (QED) is 0.536. The molecule has 31 heavy (non-hydrogen) atoms. The Bertz CT molecular complexity index is 1030. The van der Waals surface area contributed by atoms with Crippen LogP contribution in [-0.2, 0) is 4.79 Å². The van der Waals surface area contributed by atoms with Crippen molar-refractivity contribution in [1.29, 1.82) is 0 Å². The minimum atomic E-state index is -0.0266. The van der Waals surface area contributed by atoms with Crippen molar-refractivity contribution >= 4 is 5.91 Å². The Morgan fingerprint density at radius 3 is 2.48 bits per heavy atom. The summed E-state index contributed by atoms with van der Waals surface area (Å²) in [6.07, 6.45) is 1.85. The third kappa shape index (κ3) is 4.50. The Balaban J connectivity index is 1.50. The lowest BCUT2D eigenvalue weighted by molar-refractivity contribution is -0.134. The first kappa shape index (κ1) is 20.8. The number of rotatable bonds is 7. The van der Waals surface area contributed by atoms with E-state index in [2.05, 4.69) is 0 Å². The molecular weight excluding hydrogens is 390 g/mol. The normalized spacial score (nSPS) is 15.5. The minimum Gasteiger partial charge on any atom is -0.497 e. The Labute approximate surface area is 183 Å². The molecule has 1 atom stereocenters. The second kappa shape index (κ2) is 9.56. The maximum absolute atomic E-state index is 13.1. The van der Waals surface area contributed by atoms with Crippen molar-refractivity contribution in [3.8, 4) is 28.4 Å². The number of benzene rings is 3. The average molecular weight is 418 g/mol. The van der Waals surface area contributed by atoms with Gasteiger partial charge in [-0.15, -0.1) is 0 Å². The molecule has 1 saturated heterocycles. The van der Waals surface area contributed by atoms with Crippen LogP contribution in [-0.4, -0.2) is 38.2 Å². The summed E-state index contributed by atoms with van der Waals surface area (Å²) in [5.41, 5.74) is 3.04. The Morgan fingerprint density at radius 1 is 0.935 bits per heavy atom. The summed E-state index contributed by atoms with van der Waals surface area (Å²) < 4.78 is 16.9. The van der Waals surface area contributed by atoms with Crippen molar-refractivity contribution in [3.05, 3.63) is 78.4 Å². The van der Waals surface area contributed by atoms with Gasteiger partial charge in [0.2, 0.25) is 0 Å². The van der Waals surface area contributed by atoms with Crippen LogP contribution in [0.15, 0.2) is 72.8 Å². The van der Waals surface area contributed by atoms with E-state index in [9.17, 15) is 4.79 Å². The molecule has 5 nitrogen and oxygen atoms in total. The van der Waals surface area contributed by atoms with Gasteiger partial charge in [0.05, 0.1) is 20.3 Å². The van der Waals surface area contributed by atoms with Gasteiger partial charge >= 0.3 is 0 Å². The molecule has 0 spiro atoms. The smallest absolute Gasteiger partial charge is 0.261 e. The number of carbonyl (C=O) groups excluding carboxylic acids is 1. The molecule has 1 heterocycles. The Kier molecular flexibility index (Phi) is 6.41. The number of methoxy groups -OCH3 is 2. The van der Waals surface area contributed by atoms with E-state index in [1.165, 1.54) is 0 Å². The molecule has 4 rings (SSSR count). The standard InChI is InChI=1S/C26H27NO4/c1-29-20-14-15-22(25(17-20)30-2)23-12-8-16-27(23)26(28)18-31-24-13-7-6-11-21(24)19-9-4-3-5-10-19/h3-7,9-11,13-15,17,23H,8,12,16,18H2,1-2H3/t23-/m1/s1. The van der Waals surface area contributed by atoms with Crippen LogP contribution >= 0.6 is 0 Å². The summed E-state index contributed by atoms with van der Waals surface area (Å²) in [6.45, 7) is 0.710. The van der Waals surface area contributed by atoms with E-state index in [4.69, 9.17) is 14.2 Å². The highest BCUT2D eigenvalue weighted by Crippen LogP contribution is 2.39. The first-order chi connectivity index (χ1) is 15.2. The largest absolute Gasteiger partial charge is 0.497 e. The molecule has 1 fully saturated rings. The van der Waals surface area contributed by atoms with Gasteiger partial charge in [0.1, 0.15) is 17.2 Å². The van der Waals surface area contributed by atoms with Crippen molar-refractivity contribution in [2.24, 2.45) is 0 Å². The number of ether oxygens (including phenoxy) is 3. The van der Waals surface area contributed by atoms with E-state index in [0.29, 0.717) is 12.3 Å². The van der Waals surface area contributed by atoms with Crippen molar-refractivity contribution in [2.75, 3.05) is 27.4 Å². The summed E-state index contributed by atoms with van der Waals surface area (Å²) in [5.74, 6) is 2.15. The van der Waals surface area contributed by atoms with Crippen LogP contribution in [0.4, 0.5) is 0 Å². The van der Waals surface area contributed by atoms with Gasteiger partial charge < -0.3 is 19.1 Å². The Hall–Kier alpha value is -3.47. The van der Waals surface area contributed by atoms with Crippen molar-refractivity contribution in [2.45, 2.75) is 18.9 Å². The molecule has 3 aromatic rings. The SMILES string of the molecule is COc1ccc([C@H]2CCCN2C(=O)COc2ccccc2-c2ccccc2)c(OC)c1. The molecule has 5 heteroatoms. The van der Waals surface area contributed by atoms with Gasteiger partial charge in [0.15, 0.2) is 6.61 Å². The molecule has 0 bridgehead atoms. The second-order valence-corrected chi connectivity index (χ2v) is 7.50. The third-order valence-corrected chi connectivity index (χ3v) is 5.70. The summed E-state index contributed by atoms with van der Waals surface area (Å²) in [4.78, 5) is 15.0. The number of hydrogen-bond acceptors (Lipinski definition) is 4. The lowest BCUT2D eigenvalue weighted by atomic mass is 10.0. The van der Waals surface area contributed by atoms with Crippen LogP contribution in [0.1, 0.15) is 24.4 Å². The van der Waals surface area contributed by atoms with Gasteiger partial charge in [-0.3, -0.25) is 4.79 Å². The predicted octanol–water partition coefficient (Wildman–Crippen LogP) is 5.11. The molecule has 1 amide bonds. The van der Waals surface area contributed by atoms with E-state index in [0.717, 1.165) is 41.0 Å². The molecule has 3 aromatic carbocycles. The number of carbonyl (C=O) groups is 1. The molecular formula is C26H27NO4. The molecule has 0 N–H and O–H groups in total. The van der Waals surface area contributed by atoms with E-state index >= 15 is 0 Å². The summed E-state index contributed by atoms with van der Waals surface area (Å²) in [7, 11) is 3.27. The topological polar surface area (TPSA) is 48.0 Å². The van der Waals surface area contributed by atoms with Crippen LogP contribution in [0, 0.1) is 0 Å². The van der Waals surface area contributed by atoms with Crippen molar-refractivity contribution in [1.82, 2.24) is 4.90 Å². The van der Waals surface area contributed by atoms with Crippen LogP contribution in [0.25, 0.3) is 11.1 Å². The fourth-order valence-corrected chi connectivity index (χ4v) is 4.15. The molecule has 0 aliphatic carbocycles. The first-order valence-electron chi connectivity index (χ1n) is 10.5. The van der Waals surface area contributed by atoms with Gasteiger partial charge in [-0.2, -0.15) is 0 Å². The summed E-state index contributed by atoms with van der Waals surface area (Å²) in [6, 6.07) is 23.6. The van der Waals surface area contributed by atoms with E-state index in [-0.39, 0.29) is 18.6 Å². The lowest BCUT2D eigenvalue weighted by Crippen LogP contribution is -2.34. The van der Waals surface area contributed by atoms with E-state index in [1.807, 2.05) is 77.7 Å². The Morgan fingerprint density at radius 2 is 1.71 bits per heavy atom. The fourth-order valence-electron chi connectivity index (χ4n) is 4.15. The highest BCUT2D eigenvalue weighted by atomic mass is 16.5. The van der Waals surface area contributed by atoms with Crippen LogP contribution in [0.3, 0.4) is 0 Å². The second-order valence-electron chi connectivity index (χ2n) is 7.50. The van der Waals surface area contributed by atoms with Crippen molar-refractivity contribution < 1.29 is 19.0 Å². The molecule has 160 valence electrons. The zero-order valence-electron chi connectivity index (χ0n) is 17.9. The van der Waals surface area contributed by atoms with E-state index < -0.39 is 0 Å². The maximum atomic E-state index is 13.1. The van der Waals surface area contributed by atoms with Crippen LogP contribution in [0.5, 0.6) is 17.2 Å². The summed E-state index contributed by atoms with van der Waals surface area (Å²) >= 11 is 0. The van der Waals surface area contributed by atoms with Gasteiger partial charge in [-0.25, -0.2) is 0 Å². The van der Waals surface area contributed by atoms with Gasteiger partial charge in [-0.1, -0.05) is 48.5 Å². The number of para-hydroxylation sites is 1. The monoisotopic (exact) mass is 417 g/mol. The molecule has 0 radical (unpaired) electrons. The third-order valence-electron chi connectivity index (χ3n) is 5.70. The number of amides is 1. The zero-order valence-corrected chi connectivity index (χ0v) is 17.9. The molecule has 0 aromatic heterocycles. The summed E-state index contributed by atoms with van der Waals surface area (Å²) in [5, 5.41) is 0. The molecule has 1 aliphatic heterocycles. The van der Waals surface area contributed by atoms with Crippen molar-refractivity contribution in [3.63, 3.8) is 0 Å². The average Bonchev–Trinajstić information content (AvgIpc) is 3.32. The van der Waals surface area contributed by atoms with Gasteiger partial charge in [0, 0.05) is 23.7 Å². The molecule has 0 saturated carbocycles. The predicted molar refractivity (Wildman–Crippen MR) is 121 cm³/mol. The number of likely N-dealkylation sites (tertiary alicyclic amines) is 1. The van der Waals surface area contributed by atoms with Gasteiger partial charge in [-0.05, 0) is 36.6 Å². The minimum absolute atomic E-state index is 0.00117. The lowest BCUT2D eigenvalue weighted by Gasteiger charge is -2.26. The van der Waals surface area contributed by atoms with Crippen LogP contribution < -0.4 is 14.2 Å². The number of nitrogens with zero attached hydrogens (tertiary/aromatic N) is 1. The molecule has 1 aliphatic rings. The van der Waals surface area contributed by atoms with Crippen LogP contribution in [0.2, 0.25) is 0 Å². The molecule has 0 unspecified atom stereocenters. The van der Waals surface area contributed by atoms with Gasteiger partial charge in [0.25, 0.3) is 5.91 Å². The first-order valence-corrected chi connectivity index (χ1v) is 10.5. The highest BCUT2D eigenvalue weighted by molar-refractivity contribution is 5.79. The highest BCUT2D eigenvalue weighted by Gasteiger charge is 2.32. The van der Waals surface area contributed by atoms with E-state index in [1.54, 1.807) is 14.2 Å². The fraction of sp³-hybridized carbons (Fsp3) is 0.269. The number of hydrogen-bond donors (Lipinski definition) is 0. The zero-order chi connectivity index (χ0) is 21.6. The maximum Gasteiger partial charge on any atom is 0.261 e.